The van der Waals surface area contributed by atoms with Gasteiger partial charge in [0.15, 0.2) is 0 Å². The topological polar surface area (TPSA) is 79.8 Å². The van der Waals surface area contributed by atoms with E-state index in [2.05, 4.69) is 15.5 Å². The summed E-state index contributed by atoms with van der Waals surface area (Å²) in [5.74, 6) is 0.514. The molecule has 0 bridgehead atoms. The average molecular weight is 411 g/mol. The molecule has 0 unspecified atom stereocenters. The molecule has 4 aromatic rings. The van der Waals surface area contributed by atoms with E-state index in [1.807, 2.05) is 62.5 Å². The van der Waals surface area contributed by atoms with Crippen molar-refractivity contribution in [3.05, 3.63) is 80.9 Å². The van der Waals surface area contributed by atoms with E-state index in [1.165, 1.54) is 9.36 Å². The molecule has 0 fully saturated rings. The van der Waals surface area contributed by atoms with Crippen LogP contribution in [-0.4, -0.2) is 29.6 Å². The van der Waals surface area contributed by atoms with Crippen LogP contribution in [0.2, 0.25) is 5.02 Å². The van der Waals surface area contributed by atoms with Crippen molar-refractivity contribution in [2.24, 2.45) is 7.05 Å². The Morgan fingerprint density at radius 3 is 2.48 bits per heavy atom. The number of aromatic nitrogens is 6. The summed E-state index contributed by atoms with van der Waals surface area (Å²) in [4.78, 5) is 12.3. The Kier molecular flexibility index (Phi) is 4.94. The zero-order valence-corrected chi connectivity index (χ0v) is 17.0. The van der Waals surface area contributed by atoms with Crippen molar-refractivity contribution in [3.8, 4) is 17.3 Å². The van der Waals surface area contributed by atoms with Gasteiger partial charge in [0.1, 0.15) is 6.61 Å². The molecule has 0 aliphatic carbocycles. The molecule has 2 aromatic heterocycles. The van der Waals surface area contributed by atoms with Crippen molar-refractivity contribution < 1.29 is 4.74 Å². The number of ether oxygens (including phenoxy) is 1. The highest BCUT2D eigenvalue weighted by Gasteiger charge is 2.15. The van der Waals surface area contributed by atoms with Crippen LogP contribution in [0.3, 0.4) is 0 Å². The third-order valence-electron chi connectivity index (χ3n) is 4.63. The molecule has 29 heavy (non-hydrogen) atoms. The molecule has 2 aromatic carbocycles. The van der Waals surface area contributed by atoms with E-state index in [0.29, 0.717) is 16.6 Å². The predicted octanol–water partition coefficient (Wildman–Crippen LogP) is 3.00. The Balaban J connectivity index is 1.63. The quantitative estimate of drug-likeness (QED) is 0.505. The lowest BCUT2D eigenvalue weighted by Crippen LogP contribution is -2.23. The standard InChI is InChI=1S/C20H19ClN6O2/c1-13-5-4-6-18(27-20(28)25(3)23-24-27)17(13)12-29-19-14(2)11-26(22-19)16-9-7-15(21)8-10-16/h4-11H,12H2,1-3H3. The molecule has 9 heteroatoms. The molecule has 0 aliphatic heterocycles. The number of benzene rings is 2. The predicted molar refractivity (Wildman–Crippen MR) is 109 cm³/mol. The number of nitrogens with zero attached hydrogens (tertiary/aromatic N) is 6. The van der Waals surface area contributed by atoms with Gasteiger partial charge in [-0.25, -0.2) is 9.48 Å². The minimum atomic E-state index is -0.319. The molecular weight excluding hydrogens is 392 g/mol. The number of rotatable bonds is 5. The number of hydrogen-bond acceptors (Lipinski definition) is 5. The smallest absolute Gasteiger partial charge is 0.368 e. The molecule has 0 spiro atoms. The SMILES string of the molecule is Cc1cn(-c2ccc(Cl)cc2)nc1OCc1c(C)cccc1-n1nnn(C)c1=O. The fourth-order valence-electron chi connectivity index (χ4n) is 2.99. The molecule has 8 nitrogen and oxygen atoms in total. The molecule has 4 rings (SSSR count). The van der Waals surface area contributed by atoms with Crippen LogP contribution in [0.5, 0.6) is 5.88 Å². The molecule has 0 saturated carbocycles. The summed E-state index contributed by atoms with van der Waals surface area (Å²) in [6.45, 7) is 4.13. The van der Waals surface area contributed by atoms with Gasteiger partial charge < -0.3 is 4.74 Å². The van der Waals surface area contributed by atoms with Gasteiger partial charge >= 0.3 is 5.69 Å². The lowest BCUT2D eigenvalue weighted by molar-refractivity contribution is 0.288. The maximum atomic E-state index is 12.3. The Labute approximate surface area is 171 Å². The average Bonchev–Trinajstić information content (AvgIpc) is 3.24. The molecule has 2 heterocycles. The first-order valence-electron chi connectivity index (χ1n) is 8.97. The largest absolute Gasteiger partial charge is 0.471 e. The fourth-order valence-corrected chi connectivity index (χ4v) is 3.12. The maximum Gasteiger partial charge on any atom is 0.368 e. The van der Waals surface area contributed by atoms with E-state index in [0.717, 1.165) is 22.4 Å². The van der Waals surface area contributed by atoms with E-state index >= 15 is 0 Å². The normalized spacial score (nSPS) is 11.0. The second-order valence-corrected chi connectivity index (χ2v) is 7.13. The zero-order valence-electron chi connectivity index (χ0n) is 16.2. The molecular formula is C20H19ClN6O2. The molecule has 0 atom stereocenters. The van der Waals surface area contributed by atoms with Crippen LogP contribution >= 0.6 is 11.6 Å². The van der Waals surface area contributed by atoms with Gasteiger partial charge in [0.25, 0.3) is 0 Å². The summed E-state index contributed by atoms with van der Waals surface area (Å²) in [6.07, 6.45) is 1.89. The van der Waals surface area contributed by atoms with Gasteiger partial charge in [-0.2, -0.15) is 9.36 Å². The molecule has 0 saturated heterocycles. The minimum Gasteiger partial charge on any atom is -0.471 e. The third kappa shape index (κ3) is 3.66. The van der Waals surface area contributed by atoms with Crippen LogP contribution in [0.1, 0.15) is 16.7 Å². The van der Waals surface area contributed by atoms with Crippen LogP contribution in [0.15, 0.2) is 53.5 Å². The summed E-state index contributed by atoms with van der Waals surface area (Å²) in [6, 6.07) is 13.1. The van der Waals surface area contributed by atoms with Crippen LogP contribution in [0, 0.1) is 13.8 Å². The molecule has 0 amide bonds. The third-order valence-corrected chi connectivity index (χ3v) is 4.88. The second kappa shape index (κ2) is 7.56. The van der Waals surface area contributed by atoms with Gasteiger partial charge in [-0.3, -0.25) is 0 Å². The van der Waals surface area contributed by atoms with Gasteiger partial charge in [-0.1, -0.05) is 23.7 Å². The van der Waals surface area contributed by atoms with E-state index < -0.39 is 0 Å². The monoisotopic (exact) mass is 410 g/mol. The first kappa shape index (κ1) is 18.9. The Bertz CT molecular complexity index is 1220. The fraction of sp³-hybridized carbons (Fsp3) is 0.200. The molecule has 0 N–H and O–H groups in total. The lowest BCUT2D eigenvalue weighted by Gasteiger charge is -2.12. The van der Waals surface area contributed by atoms with E-state index in [1.54, 1.807) is 11.7 Å². The maximum absolute atomic E-state index is 12.3. The number of aryl methyl sites for hydroxylation is 3. The van der Waals surface area contributed by atoms with Crippen LogP contribution < -0.4 is 10.4 Å². The molecule has 0 radical (unpaired) electrons. The van der Waals surface area contributed by atoms with Crippen LogP contribution in [0.4, 0.5) is 0 Å². The van der Waals surface area contributed by atoms with Gasteiger partial charge in [0.2, 0.25) is 5.88 Å². The minimum absolute atomic E-state index is 0.240. The first-order valence-corrected chi connectivity index (χ1v) is 9.34. The Morgan fingerprint density at radius 1 is 1.03 bits per heavy atom. The second-order valence-electron chi connectivity index (χ2n) is 6.70. The highest BCUT2D eigenvalue weighted by Crippen LogP contribution is 2.23. The van der Waals surface area contributed by atoms with Crippen LogP contribution in [0.25, 0.3) is 11.4 Å². The van der Waals surface area contributed by atoms with Crippen molar-refractivity contribution in [2.45, 2.75) is 20.5 Å². The Morgan fingerprint density at radius 2 is 1.79 bits per heavy atom. The van der Waals surface area contributed by atoms with Gasteiger partial charge in [0.05, 0.1) is 11.4 Å². The van der Waals surface area contributed by atoms with Crippen molar-refractivity contribution in [3.63, 3.8) is 0 Å². The molecule has 148 valence electrons. The van der Waals surface area contributed by atoms with Gasteiger partial charge in [-0.05, 0) is 60.2 Å². The van der Waals surface area contributed by atoms with Gasteiger partial charge in [-0.15, -0.1) is 5.10 Å². The molecule has 0 aliphatic rings. The Hall–Kier alpha value is -3.39. The zero-order chi connectivity index (χ0) is 20.5. The number of hydrogen-bond donors (Lipinski definition) is 0. The van der Waals surface area contributed by atoms with Gasteiger partial charge in [0, 0.05) is 29.4 Å². The van der Waals surface area contributed by atoms with E-state index in [4.69, 9.17) is 16.3 Å². The number of halogens is 1. The highest BCUT2D eigenvalue weighted by atomic mass is 35.5. The van der Waals surface area contributed by atoms with Crippen molar-refractivity contribution in [2.75, 3.05) is 0 Å². The van der Waals surface area contributed by atoms with Crippen molar-refractivity contribution in [1.82, 2.24) is 29.6 Å². The number of tetrazole rings is 1. The van der Waals surface area contributed by atoms with E-state index in [9.17, 15) is 4.79 Å². The summed E-state index contributed by atoms with van der Waals surface area (Å²) in [5.41, 5.74) is 3.92. The highest BCUT2D eigenvalue weighted by molar-refractivity contribution is 6.30. The summed E-state index contributed by atoms with van der Waals surface area (Å²) in [5, 5.41) is 12.9. The van der Waals surface area contributed by atoms with Crippen molar-refractivity contribution >= 4 is 11.6 Å². The van der Waals surface area contributed by atoms with E-state index in [-0.39, 0.29) is 12.3 Å². The van der Waals surface area contributed by atoms with Crippen LogP contribution in [-0.2, 0) is 13.7 Å². The summed E-state index contributed by atoms with van der Waals surface area (Å²) in [7, 11) is 1.56. The lowest BCUT2D eigenvalue weighted by atomic mass is 10.1. The summed E-state index contributed by atoms with van der Waals surface area (Å²) < 4.78 is 10.2. The van der Waals surface area contributed by atoms with Crippen molar-refractivity contribution in [1.29, 1.82) is 0 Å². The summed E-state index contributed by atoms with van der Waals surface area (Å²) >= 11 is 5.96. The first-order chi connectivity index (χ1) is 13.9.